The highest BCUT2D eigenvalue weighted by Gasteiger charge is 2.18. The fraction of sp³-hybridized carbons (Fsp3) is 0.286. The summed E-state index contributed by atoms with van der Waals surface area (Å²) in [5.41, 5.74) is 1.84. The first-order valence-electron chi connectivity index (χ1n) is 6.27. The molecular formula is C14H17N3O3S. The molecule has 1 amide bonds. The van der Waals surface area contributed by atoms with E-state index in [0.717, 1.165) is 5.00 Å². The average Bonchev–Trinajstić information content (AvgIpc) is 2.87. The van der Waals surface area contributed by atoms with Crippen LogP contribution in [0.1, 0.15) is 16.1 Å². The molecule has 0 fully saturated rings. The van der Waals surface area contributed by atoms with E-state index >= 15 is 0 Å². The molecular weight excluding hydrogens is 290 g/mol. The highest BCUT2D eigenvalue weighted by Crippen LogP contribution is 2.28. The molecule has 0 aliphatic heterocycles. The molecule has 7 heteroatoms. The van der Waals surface area contributed by atoms with E-state index in [9.17, 15) is 4.79 Å². The fourth-order valence-electron chi connectivity index (χ4n) is 1.88. The number of nitrogens with zero attached hydrogens (tertiary/aromatic N) is 1. The molecule has 21 heavy (non-hydrogen) atoms. The molecule has 1 aromatic heterocycles. The van der Waals surface area contributed by atoms with Crippen molar-refractivity contribution in [1.29, 1.82) is 0 Å². The standard InChI is InChI=1S/C14H17N3O3S/c1-8-12(14(15-2)21-17-8)13(18)16-9-5-10(19-3)7-11(6-9)20-4/h5-7,15H,1-4H3,(H,16,18). The number of methoxy groups -OCH3 is 2. The number of carbonyl (C=O) groups is 1. The van der Waals surface area contributed by atoms with E-state index in [1.165, 1.54) is 11.5 Å². The largest absolute Gasteiger partial charge is 0.497 e. The van der Waals surface area contributed by atoms with Crippen molar-refractivity contribution in [3.8, 4) is 11.5 Å². The molecule has 0 bridgehead atoms. The lowest BCUT2D eigenvalue weighted by Gasteiger charge is -2.10. The SMILES string of the molecule is CNc1snc(C)c1C(=O)Nc1cc(OC)cc(OC)c1. The Hall–Kier alpha value is -2.28. The van der Waals surface area contributed by atoms with Crippen LogP contribution in [0.25, 0.3) is 0 Å². The number of nitrogens with one attached hydrogen (secondary N) is 2. The van der Waals surface area contributed by atoms with Gasteiger partial charge in [0.05, 0.1) is 25.5 Å². The van der Waals surface area contributed by atoms with Gasteiger partial charge in [0.25, 0.3) is 5.91 Å². The molecule has 112 valence electrons. The van der Waals surface area contributed by atoms with Crippen molar-refractivity contribution in [2.75, 3.05) is 31.9 Å². The van der Waals surface area contributed by atoms with Gasteiger partial charge in [-0.05, 0) is 18.5 Å². The Kier molecular flexibility index (Phi) is 4.64. The number of rotatable bonds is 5. The van der Waals surface area contributed by atoms with Crippen LogP contribution in [0.4, 0.5) is 10.7 Å². The van der Waals surface area contributed by atoms with Crippen LogP contribution in [0.3, 0.4) is 0 Å². The monoisotopic (exact) mass is 307 g/mol. The second-order valence-electron chi connectivity index (χ2n) is 4.28. The van der Waals surface area contributed by atoms with Gasteiger partial charge >= 0.3 is 0 Å². The first-order valence-corrected chi connectivity index (χ1v) is 7.04. The maximum Gasteiger partial charge on any atom is 0.260 e. The van der Waals surface area contributed by atoms with Crippen molar-refractivity contribution >= 4 is 28.1 Å². The average molecular weight is 307 g/mol. The summed E-state index contributed by atoms with van der Waals surface area (Å²) < 4.78 is 14.6. The Bertz CT molecular complexity index is 633. The highest BCUT2D eigenvalue weighted by molar-refractivity contribution is 7.10. The summed E-state index contributed by atoms with van der Waals surface area (Å²) in [6.45, 7) is 1.80. The van der Waals surface area contributed by atoms with Crippen molar-refractivity contribution in [3.05, 3.63) is 29.5 Å². The minimum atomic E-state index is -0.221. The van der Waals surface area contributed by atoms with Gasteiger partial charge in [-0.1, -0.05) is 0 Å². The van der Waals surface area contributed by atoms with Gasteiger partial charge < -0.3 is 20.1 Å². The number of hydrogen-bond acceptors (Lipinski definition) is 6. The topological polar surface area (TPSA) is 72.5 Å². The summed E-state index contributed by atoms with van der Waals surface area (Å²) in [4.78, 5) is 12.4. The van der Waals surface area contributed by atoms with Crippen molar-refractivity contribution in [2.24, 2.45) is 0 Å². The normalized spacial score (nSPS) is 10.1. The summed E-state index contributed by atoms with van der Waals surface area (Å²) >= 11 is 1.26. The van der Waals surface area contributed by atoms with Gasteiger partial charge in [-0.2, -0.15) is 4.37 Å². The van der Waals surface area contributed by atoms with Gasteiger partial charge in [0.2, 0.25) is 0 Å². The maximum atomic E-state index is 12.4. The first-order chi connectivity index (χ1) is 10.1. The van der Waals surface area contributed by atoms with Crippen molar-refractivity contribution in [2.45, 2.75) is 6.92 Å². The molecule has 0 saturated heterocycles. The van der Waals surface area contributed by atoms with Gasteiger partial charge in [0.1, 0.15) is 16.5 Å². The van der Waals surface area contributed by atoms with Gasteiger partial charge in [-0.15, -0.1) is 0 Å². The van der Waals surface area contributed by atoms with Crippen LogP contribution in [-0.4, -0.2) is 31.5 Å². The molecule has 2 rings (SSSR count). The third-order valence-electron chi connectivity index (χ3n) is 2.93. The quantitative estimate of drug-likeness (QED) is 0.888. The van der Waals surface area contributed by atoms with E-state index in [0.29, 0.717) is 28.4 Å². The Balaban J connectivity index is 2.29. The number of anilines is 2. The molecule has 0 saturated carbocycles. The molecule has 1 aromatic carbocycles. The Labute approximate surface area is 127 Å². The van der Waals surface area contributed by atoms with Crippen LogP contribution in [0.15, 0.2) is 18.2 Å². The first kappa shape index (κ1) is 15.1. The number of carbonyl (C=O) groups excluding carboxylic acids is 1. The molecule has 1 heterocycles. The molecule has 6 nitrogen and oxygen atoms in total. The third-order valence-corrected chi connectivity index (χ3v) is 3.88. The third kappa shape index (κ3) is 3.25. The lowest BCUT2D eigenvalue weighted by Crippen LogP contribution is -2.14. The summed E-state index contributed by atoms with van der Waals surface area (Å²) in [5.74, 6) is 0.998. The number of benzene rings is 1. The lowest BCUT2D eigenvalue weighted by molar-refractivity contribution is 0.102. The Morgan fingerprint density at radius 3 is 2.33 bits per heavy atom. The zero-order valence-electron chi connectivity index (χ0n) is 12.3. The second kappa shape index (κ2) is 6.45. The van der Waals surface area contributed by atoms with E-state index in [2.05, 4.69) is 15.0 Å². The zero-order valence-corrected chi connectivity index (χ0v) is 13.1. The van der Waals surface area contributed by atoms with Crippen LogP contribution in [-0.2, 0) is 0 Å². The highest BCUT2D eigenvalue weighted by atomic mass is 32.1. The van der Waals surface area contributed by atoms with Crippen molar-refractivity contribution in [3.63, 3.8) is 0 Å². The molecule has 0 radical (unpaired) electrons. The summed E-state index contributed by atoms with van der Waals surface area (Å²) in [6, 6.07) is 5.20. The van der Waals surface area contributed by atoms with Crippen LogP contribution < -0.4 is 20.1 Å². The van der Waals surface area contributed by atoms with E-state index in [1.807, 2.05) is 0 Å². The predicted octanol–water partition coefficient (Wildman–Crippen LogP) is 2.76. The molecule has 2 N–H and O–H groups in total. The van der Waals surface area contributed by atoms with E-state index in [4.69, 9.17) is 9.47 Å². The summed E-state index contributed by atoms with van der Waals surface area (Å²) in [7, 11) is 4.89. The molecule has 0 aliphatic carbocycles. The summed E-state index contributed by atoms with van der Waals surface area (Å²) in [6.07, 6.45) is 0. The minimum Gasteiger partial charge on any atom is -0.497 e. The predicted molar refractivity (Wildman–Crippen MR) is 83.9 cm³/mol. The van der Waals surface area contributed by atoms with Gasteiger partial charge in [-0.25, -0.2) is 0 Å². The Morgan fingerprint density at radius 1 is 1.19 bits per heavy atom. The van der Waals surface area contributed by atoms with Crippen LogP contribution in [0.2, 0.25) is 0 Å². The van der Waals surface area contributed by atoms with Crippen molar-refractivity contribution in [1.82, 2.24) is 4.37 Å². The van der Waals surface area contributed by atoms with Gasteiger partial charge in [-0.3, -0.25) is 4.79 Å². The second-order valence-corrected chi connectivity index (χ2v) is 5.05. The molecule has 0 spiro atoms. The number of aromatic nitrogens is 1. The van der Waals surface area contributed by atoms with E-state index in [1.54, 1.807) is 46.4 Å². The molecule has 0 unspecified atom stereocenters. The van der Waals surface area contributed by atoms with Crippen LogP contribution >= 0.6 is 11.5 Å². The van der Waals surface area contributed by atoms with E-state index < -0.39 is 0 Å². The minimum absolute atomic E-state index is 0.221. The van der Waals surface area contributed by atoms with Gasteiger partial charge in [0, 0.05) is 30.9 Å². The van der Waals surface area contributed by atoms with Crippen molar-refractivity contribution < 1.29 is 14.3 Å². The Morgan fingerprint density at radius 2 is 1.81 bits per heavy atom. The fourth-order valence-corrected chi connectivity index (χ4v) is 2.62. The summed E-state index contributed by atoms with van der Waals surface area (Å²) in [5, 5.41) is 6.55. The van der Waals surface area contributed by atoms with Crippen LogP contribution in [0.5, 0.6) is 11.5 Å². The number of amides is 1. The molecule has 2 aromatic rings. The van der Waals surface area contributed by atoms with Crippen LogP contribution in [0, 0.1) is 6.92 Å². The number of hydrogen-bond donors (Lipinski definition) is 2. The smallest absolute Gasteiger partial charge is 0.260 e. The zero-order chi connectivity index (χ0) is 15.4. The maximum absolute atomic E-state index is 12.4. The molecule has 0 atom stereocenters. The number of aryl methyl sites for hydroxylation is 1. The molecule has 0 aliphatic rings. The van der Waals surface area contributed by atoms with Gasteiger partial charge in [0.15, 0.2) is 0 Å². The lowest BCUT2D eigenvalue weighted by atomic mass is 10.2. The number of ether oxygens (including phenoxy) is 2. The van der Waals surface area contributed by atoms with E-state index in [-0.39, 0.29) is 5.91 Å².